The van der Waals surface area contributed by atoms with E-state index in [-0.39, 0.29) is 53.6 Å². The first kappa shape index (κ1) is 31.7. The number of fused-ring (bicyclic) bond motifs is 3. The number of aliphatic hydroxyl groups is 2. The van der Waals surface area contributed by atoms with Crippen LogP contribution in [-0.4, -0.2) is 64.5 Å². The molecule has 0 radical (unpaired) electrons. The maximum Gasteiger partial charge on any atom is 0.251 e. The van der Waals surface area contributed by atoms with Crippen molar-refractivity contribution in [1.29, 1.82) is 0 Å². The predicted molar refractivity (Wildman–Crippen MR) is 177 cm³/mol. The Morgan fingerprint density at radius 2 is 1.48 bits per heavy atom. The lowest BCUT2D eigenvalue weighted by molar-refractivity contribution is -0.346. The van der Waals surface area contributed by atoms with Crippen LogP contribution in [0.4, 0.5) is 0 Å². The molecular weight excluding hydrogens is 608 g/mol. The molecule has 0 aromatic heterocycles. The summed E-state index contributed by atoms with van der Waals surface area (Å²) < 4.78 is 28.6. The van der Waals surface area contributed by atoms with Gasteiger partial charge in [-0.05, 0) is 90.7 Å². The minimum Gasteiger partial charge on any atom is -0.471 e. The number of rotatable bonds is 2. The van der Waals surface area contributed by atoms with Crippen LogP contribution in [0.1, 0.15) is 123 Å². The second-order valence-corrected chi connectivity index (χ2v) is 18.9. The average molecular weight is 661 g/mol. The Balaban J connectivity index is 1.39. The van der Waals surface area contributed by atoms with Crippen molar-refractivity contribution in [3.05, 3.63) is 34.4 Å². The molecule has 1 aromatic carbocycles. The molecule has 260 valence electrons. The molecule has 2 N–H and O–H groups in total. The van der Waals surface area contributed by atoms with Gasteiger partial charge in [0.1, 0.15) is 6.10 Å². The zero-order valence-electron chi connectivity index (χ0n) is 29.8. The quantitative estimate of drug-likeness (QED) is 0.378. The predicted octanol–water partition coefficient (Wildman–Crippen LogP) is 5.89. The van der Waals surface area contributed by atoms with Gasteiger partial charge in [-0.3, -0.25) is 9.59 Å². The Bertz CT molecular complexity index is 1690. The fraction of sp³-hybridized carbons (Fsp3) is 0.750. The lowest BCUT2D eigenvalue weighted by Crippen LogP contribution is -2.89. The first-order valence-electron chi connectivity index (χ1n) is 18.5. The third kappa shape index (κ3) is 3.42. The average Bonchev–Trinajstić information content (AvgIpc) is 2.99. The molecule has 5 aliphatic heterocycles. The Labute approximate surface area is 283 Å². The van der Waals surface area contributed by atoms with Gasteiger partial charge in [0.05, 0.1) is 36.9 Å². The molecule has 3 saturated heterocycles. The molecule has 2 spiro atoms. The van der Waals surface area contributed by atoms with Crippen molar-refractivity contribution in [3.63, 3.8) is 0 Å². The van der Waals surface area contributed by atoms with Crippen LogP contribution in [0.25, 0.3) is 0 Å². The normalized spacial score (nSPS) is 45.6. The van der Waals surface area contributed by atoms with Crippen molar-refractivity contribution in [2.24, 2.45) is 34.0 Å². The molecule has 5 aliphatic carbocycles. The lowest BCUT2D eigenvalue weighted by atomic mass is 9.38. The maximum atomic E-state index is 15.4. The molecule has 4 bridgehead atoms. The molecule has 3 saturated carbocycles. The first-order valence-corrected chi connectivity index (χ1v) is 18.5. The van der Waals surface area contributed by atoms with E-state index in [1.54, 1.807) is 0 Å². The molecule has 0 amide bonds. The molecule has 10 aliphatic rings. The second kappa shape index (κ2) is 9.34. The molecule has 11 rings (SSSR count). The van der Waals surface area contributed by atoms with Gasteiger partial charge >= 0.3 is 0 Å². The summed E-state index contributed by atoms with van der Waals surface area (Å²) in [5, 5.41) is 23.0. The van der Waals surface area contributed by atoms with Gasteiger partial charge in [-0.2, -0.15) is 0 Å². The Hall–Kier alpha value is -2.26. The van der Waals surface area contributed by atoms with Gasteiger partial charge in [0.25, 0.3) is 5.78 Å². The second-order valence-electron chi connectivity index (χ2n) is 18.9. The van der Waals surface area contributed by atoms with Gasteiger partial charge in [-0.25, -0.2) is 0 Å². The first-order chi connectivity index (χ1) is 22.4. The Morgan fingerprint density at radius 3 is 2.17 bits per heavy atom. The summed E-state index contributed by atoms with van der Waals surface area (Å²) in [5.74, 6) is 0.140. The van der Waals surface area contributed by atoms with Crippen LogP contribution >= 0.6 is 0 Å². The zero-order chi connectivity index (χ0) is 34.1. The molecular formula is C40H52O8. The molecule has 48 heavy (non-hydrogen) atoms. The van der Waals surface area contributed by atoms with Gasteiger partial charge in [0, 0.05) is 22.1 Å². The fourth-order valence-corrected chi connectivity index (χ4v) is 13.1. The highest BCUT2D eigenvalue weighted by Crippen LogP contribution is 2.74. The van der Waals surface area contributed by atoms with E-state index in [1.165, 1.54) is 0 Å². The number of ketones is 2. The highest BCUT2D eigenvalue weighted by molar-refractivity contribution is 6.48. The highest BCUT2D eigenvalue weighted by Gasteiger charge is 2.86. The topological polar surface area (TPSA) is 112 Å². The number of benzene rings is 1. The van der Waals surface area contributed by atoms with E-state index in [0.717, 1.165) is 23.1 Å². The highest BCUT2D eigenvalue weighted by atomic mass is 16.6. The Kier molecular flexibility index (Phi) is 6.17. The van der Waals surface area contributed by atoms with E-state index in [0.29, 0.717) is 49.4 Å². The van der Waals surface area contributed by atoms with Gasteiger partial charge in [0.2, 0.25) is 17.0 Å². The summed E-state index contributed by atoms with van der Waals surface area (Å²) in [6.45, 7) is 17.7. The van der Waals surface area contributed by atoms with E-state index in [4.69, 9.17) is 18.9 Å². The van der Waals surface area contributed by atoms with Crippen molar-refractivity contribution in [2.45, 2.75) is 141 Å². The van der Waals surface area contributed by atoms with E-state index >= 15 is 4.79 Å². The minimum absolute atomic E-state index is 0.0404. The van der Waals surface area contributed by atoms with E-state index < -0.39 is 51.9 Å². The van der Waals surface area contributed by atoms with Crippen LogP contribution in [0.5, 0.6) is 11.5 Å². The van der Waals surface area contributed by atoms with Crippen molar-refractivity contribution >= 4 is 11.6 Å². The number of hydrogen-bond acceptors (Lipinski definition) is 8. The standard InChI is InChI=1S/C40H52O8/c1-19(2)23-9-24-26-10-27-35(5,6)12-21(41)14-37(27,17-45-26)30(24)33-32(23)47-39-16-25(20(3)4)31(43)34(44)40(39,48-33)38-15-22(42)13-36(7,8)28(38)11-29(39)46-18-38/h9,16,19-22,26-29,41-42H,10-15,17-18H2,1-8H3/t21-,22-,26?,27-,28-,29?,37+,38+,39-,40+/m0/s1. The van der Waals surface area contributed by atoms with Crippen LogP contribution < -0.4 is 9.47 Å². The van der Waals surface area contributed by atoms with Crippen LogP contribution in [-0.2, 0) is 24.5 Å². The number of carbonyl (C=O) groups is 2. The van der Waals surface area contributed by atoms with Crippen LogP contribution in [0.2, 0.25) is 0 Å². The molecule has 6 fully saturated rings. The van der Waals surface area contributed by atoms with Crippen LogP contribution in [0, 0.1) is 34.0 Å². The summed E-state index contributed by atoms with van der Waals surface area (Å²) >= 11 is 0. The smallest absolute Gasteiger partial charge is 0.251 e. The molecule has 5 heterocycles. The van der Waals surface area contributed by atoms with Crippen molar-refractivity contribution in [1.82, 2.24) is 0 Å². The summed E-state index contributed by atoms with van der Waals surface area (Å²) in [7, 11) is 0. The van der Waals surface area contributed by atoms with Crippen molar-refractivity contribution in [3.8, 4) is 11.5 Å². The summed E-state index contributed by atoms with van der Waals surface area (Å²) in [6, 6.07) is 2.24. The van der Waals surface area contributed by atoms with Gasteiger partial charge in [-0.1, -0.05) is 55.4 Å². The number of aliphatic hydroxyl groups excluding tert-OH is 2. The fourth-order valence-electron chi connectivity index (χ4n) is 13.1. The minimum atomic E-state index is -1.72. The summed E-state index contributed by atoms with van der Waals surface area (Å²) in [6.07, 6.45) is 3.69. The van der Waals surface area contributed by atoms with Crippen LogP contribution in [0.3, 0.4) is 0 Å². The van der Waals surface area contributed by atoms with E-state index in [9.17, 15) is 15.0 Å². The number of hydrogen-bond donors (Lipinski definition) is 2. The third-order valence-corrected chi connectivity index (χ3v) is 14.7. The maximum absolute atomic E-state index is 15.4. The zero-order valence-corrected chi connectivity index (χ0v) is 29.8. The number of allylic oxidation sites excluding steroid dienone is 1. The summed E-state index contributed by atoms with van der Waals surface area (Å²) in [4.78, 5) is 29.8. The Morgan fingerprint density at radius 1 is 0.792 bits per heavy atom. The van der Waals surface area contributed by atoms with E-state index in [1.807, 2.05) is 19.9 Å². The van der Waals surface area contributed by atoms with Gasteiger partial charge in [-0.15, -0.1) is 0 Å². The van der Waals surface area contributed by atoms with Gasteiger partial charge < -0.3 is 29.2 Å². The van der Waals surface area contributed by atoms with Crippen molar-refractivity contribution < 1.29 is 38.7 Å². The van der Waals surface area contributed by atoms with E-state index in [2.05, 4.69) is 47.6 Å². The largest absolute Gasteiger partial charge is 0.471 e. The summed E-state index contributed by atoms with van der Waals surface area (Å²) in [5.41, 5.74) is -1.65. The SMILES string of the molecule is CC(C)C1=C[C@@]23Oc4c(C(C)C)cc5c(c4O[C@]2(C(=O)C1=O)[C@]12COC3C[C@H]1C(C)(C)C[C@H](O)C2)[C@]12COC5C[C@H]1C(C)(C)C[C@H](O)C2. The molecule has 8 nitrogen and oxygen atoms in total. The lowest BCUT2D eigenvalue weighted by Gasteiger charge is -2.74. The van der Waals surface area contributed by atoms with Crippen molar-refractivity contribution in [2.75, 3.05) is 13.2 Å². The molecule has 1 aromatic rings. The van der Waals surface area contributed by atoms with Gasteiger partial charge in [0.15, 0.2) is 11.5 Å². The molecule has 2 unspecified atom stereocenters. The number of carbonyl (C=O) groups excluding carboxylic acids is 2. The number of Topliss-reactive ketones (excluding diaryl/α,β-unsaturated/α-hetero) is 2. The third-order valence-electron chi connectivity index (χ3n) is 14.7. The van der Waals surface area contributed by atoms with Crippen LogP contribution in [0.15, 0.2) is 17.7 Å². The monoisotopic (exact) mass is 660 g/mol. The molecule has 8 heteroatoms. The molecule has 10 atom stereocenters. The number of ether oxygens (including phenoxy) is 4.